The zero-order valence-electron chi connectivity index (χ0n) is 8.58. The lowest BCUT2D eigenvalue weighted by atomic mass is 9.77. The first-order valence-electron chi connectivity index (χ1n) is 4.82. The first-order chi connectivity index (χ1) is 5.84. The molecule has 76 valence electrons. The van der Waals surface area contributed by atoms with Gasteiger partial charge in [-0.3, -0.25) is 4.79 Å². The number of hydrogen-bond acceptors (Lipinski definition) is 2. The monoisotopic (exact) mass is 185 g/mol. The Morgan fingerprint density at radius 3 is 2.15 bits per heavy atom. The molecular formula is C10H19NO2. The summed E-state index contributed by atoms with van der Waals surface area (Å²) in [6.45, 7) is 6.38. The molecule has 1 aliphatic rings. The van der Waals surface area contributed by atoms with Crippen LogP contribution in [0.2, 0.25) is 0 Å². The number of carbonyl (C=O) groups is 1. The molecule has 0 saturated heterocycles. The van der Waals surface area contributed by atoms with Crippen molar-refractivity contribution in [1.82, 2.24) is 0 Å². The molecule has 0 bridgehead atoms. The van der Waals surface area contributed by atoms with Gasteiger partial charge in [-0.05, 0) is 24.2 Å². The quantitative estimate of drug-likeness (QED) is 0.650. The summed E-state index contributed by atoms with van der Waals surface area (Å²) in [7, 11) is 0. The van der Waals surface area contributed by atoms with Crippen LogP contribution in [0.5, 0.6) is 0 Å². The van der Waals surface area contributed by atoms with E-state index in [2.05, 4.69) is 20.8 Å². The molecule has 1 saturated carbocycles. The van der Waals surface area contributed by atoms with Gasteiger partial charge in [0.1, 0.15) is 0 Å². The van der Waals surface area contributed by atoms with Crippen molar-refractivity contribution in [2.75, 3.05) is 0 Å². The average molecular weight is 185 g/mol. The van der Waals surface area contributed by atoms with E-state index < -0.39 is 5.97 Å². The Morgan fingerprint density at radius 1 is 1.38 bits per heavy atom. The van der Waals surface area contributed by atoms with E-state index in [1.807, 2.05) is 0 Å². The maximum Gasteiger partial charge on any atom is 0.308 e. The number of carboxylic acids is 1. The SMILES string of the molecule is CC(C)(C)C1CCC(C(=O)O)C1N. The van der Waals surface area contributed by atoms with Gasteiger partial charge in [-0.1, -0.05) is 20.8 Å². The second kappa shape index (κ2) is 3.29. The summed E-state index contributed by atoms with van der Waals surface area (Å²) >= 11 is 0. The van der Waals surface area contributed by atoms with Gasteiger partial charge in [0.05, 0.1) is 5.92 Å². The maximum atomic E-state index is 10.8. The predicted octanol–water partition coefficient (Wildman–Crippen LogP) is 1.47. The third kappa shape index (κ3) is 2.02. The topological polar surface area (TPSA) is 63.3 Å². The summed E-state index contributed by atoms with van der Waals surface area (Å²) in [4.78, 5) is 10.8. The summed E-state index contributed by atoms with van der Waals surface area (Å²) in [5.41, 5.74) is 6.06. The Morgan fingerprint density at radius 2 is 1.92 bits per heavy atom. The number of hydrogen-bond donors (Lipinski definition) is 2. The van der Waals surface area contributed by atoms with Crippen LogP contribution in [-0.4, -0.2) is 17.1 Å². The summed E-state index contributed by atoms with van der Waals surface area (Å²) in [6.07, 6.45) is 1.68. The lowest BCUT2D eigenvalue weighted by molar-refractivity contribution is -0.142. The van der Waals surface area contributed by atoms with Crippen molar-refractivity contribution in [3.05, 3.63) is 0 Å². The van der Waals surface area contributed by atoms with Crippen LogP contribution >= 0.6 is 0 Å². The highest BCUT2D eigenvalue weighted by Crippen LogP contribution is 2.41. The average Bonchev–Trinajstić information content (AvgIpc) is 2.28. The van der Waals surface area contributed by atoms with E-state index in [0.29, 0.717) is 5.92 Å². The number of nitrogens with two attached hydrogens (primary N) is 1. The van der Waals surface area contributed by atoms with Crippen molar-refractivity contribution in [2.45, 2.75) is 39.7 Å². The predicted molar refractivity (Wildman–Crippen MR) is 51.3 cm³/mol. The van der Waals surface area contributed by atoms with E-state index in [9.17, 15) is 4.79 Å². The number of carboxylic acid groups (broad SMARTS) is 1. The van der Waals surface area contributed by atoms with Gasteiger partial charge in [-0.25, -0.2) is 0 Å². The van der Waals surface area contributed by atoms with Crippen molar-refractivity contribution in [3.8, 4) is 0 Å². The Hall–Kier alpha value is -0.570. The summed E-state index contributed by atoms with van der Waals surface area (Å²) in [5.74, 6) is -0.725. The Kier molecular flexibility index (Phi) is 2.66. The van der Waals surface area contributed by atoms with Gasteiger partial charge in [0.15, 0.2) is 0 Å². The standard InChI is InChI=1S/C10H19NO2/c1-10(2,3)7-5-4-6(8(7)11)9(12)13/h6-8H,4-5,11H2,1-3H3,(H,12,13). The van der Waals surface area contributed by atoms with Crippen molar-refractivity contribution < 1.29 is 9.90 Å². The lowest BCUT2D eigenvalue weighted by Crippen LogP contribution is -2.40. The van der Waals surface area contributed by atoms with Crippen LogP contribution in [0, 0.1) is 17.3 Å². The van der Waals surface area contributed by atoms with Crippen molar-refractivity contribution in [1.29, 1.82) is 0 Å². The molecule has 1 aliphatic carbocycles. The van der Waals surface area contributed by atoms with Crippen LogP contribution in [0.15, 0.2) is 0 Å². The fourth-order valence-corrected chi connectivity index (χ4v) is 2.32. The zero-order valence-corrected chi connectivity index (χ0v) is 8.58. The molecule has 1 fully saturated rings. The van der Waals surface area contributed by atoms with Gasteiger partial charge >= 0.3 is 5.97 Å². The Labute approximate surface area is 79.3 Å². The smallest absolute Gasteiger partial charge is 0.308 e. The minimum absolute atomic E-state index is 0.129. The van der Waals surface area contributed by atoms with Gasteiger partial charge in [-0.15, -0.1) is 0 Å². The largest absolute Gasteiger partial charge is 0.481 e. The van der Waals surface area contributed by atoms with Crippen LogP contribution in [0.25, 0.3) is 0 Å². The van der Waals surface area contributed by atoms with Gasteiger partial charge in [0, 0.05) is 6.04 Å². The second-order valence-corrected chi connectivity index (χ2v) is 5.07. The van der Waals surface area contributed by atoms with Crippen molar-refractivity contribution >= 4 is 5.97 Å². The van der Waals surface area contributed by atoms with Crippen molar-refractivity contribution in [3.63, 3.8) is 0 Å². The first kappa shape index (κ1) is 10.5. The van der Waals surface area contributed by atoms with Gasteiger partial charge in [-0.2, -0.15) is 0 Å². The molecule has 0 radical (unpaired) electrons. The zero-order chi connectivity index (χ0) is 10.2. The lowest BCUT2D eigenvalue weighted by Gasteiger charge is -2.31. The molecule has 3 atom stereocenters. The molecular weight excluding hydrogens is 166 g/mol. The normalized spacial score (nSPS) is 34.9. The van der Waals surface area contributed by atoms with E-state index >= 15 is 0 Å². The molecule has 0 amide bonds. The van der Waals surface area contributed by atoms with E-state index in [-0.39, 0.29) is 17.4 Å². The Bertz CT molecular complexity index is 207. The molecule has 3 heteroatoms. The van der Waals surface area contributed by atoms with Gasteiger partial charge < -0.3 is 10.8 Å². The van der Waals surface area contributed by atoms with E-state index in [4.69, 9.17) is 10.8 Å². The van der Waals surface area contributed by atoms with Gasteiger partial charge in [0.2, 0.25) is 0 Å². The molecule has 0 spiro atoms. The van der Waals surface area contributed by atoms with Crippen LogP contribution in [0.1, 0.15) is 33.6 Å². The second-order valence-electron chi connectivity index (χ2n) is 5.07. The molecule has 3 unspecified atom stereocenters. The Balaban J connectivity index is 2.71. The first-order valence-corrected chi connectivity index (χ1v) is 4.82. The molecule has 0 aromatic rings. The van der Waals surface area contributed by atoms with Crippen LogP contribution < -0.4 is 5.73 Å². The molecule has 1 rings (SSSR count). The molecule has 13 heavy (non-hydrogen) atoms. The summed E-state index contributed by atoms with van der Waals surface area (Å²) < 4.78 is 0. The third-order valence-corrected chi connectivity index (χ3v) is 3.15. The summed E-state index contributed by atoms with van der Waals surface area (Å²) in [5, 5.41) is 8.89. The highest BCUT2D eigenvalue weighted by molar-refractivity contribution is 5.71. The third-order valence-electron chi connectivity index (χ3n) is 3.15. The fraction of sp³-hybridized carbons (Fsp3) is 0.900. The molecule has 0 aliphatic heterocycles. The molecule has 0 heterocycles. The molecule has 3 nitrogen and oxygen atoms in total. The number of rotatable bonds is 1. The minimum Gasteiger partial charge on any atom is -0.481 e. The van der Waals surface area contributed by atoms with Crippen molar-refractivity contribution in [2.24, 2.45) is 23.0 Å². The molecule has 0 aromatic heterocycles. The molecule has 0 aromatic carbocycles. The molecule has 3 N–H and O–H groups in total. The number of aliphatic carboxylic acids is 1. The highest BCUT2D eigenvalue weighted by atomic mass is 16.4. The maximum absolute atomic E-state index is 10.8. The highest BCUT2D eigenvalue weighted by Gasteiger charge is 2.42. The van der Waals surface area contributed by atoms with Crippen LogP contribution in [0.4, 0.5) is 0 Å². The fourth-order valence-electron chi connectivity index (χ4n) is 2.32. The van der Waals surface area contributed by atoms with Crippen LogP contribution in [0.3, 0.4) is 0 Å². The van der Waals surface area contributed by atoms with E-state index in [0.717, 1.165) is 12.8 Å². The summed E-state index contributed by atoms with van der Waals surface area (Å²) in [6, 6.07) is -0.169. The van der Waals surface area contributed by atoms with E-state index in [1.165, 1.54) is 0 Å². The van der Waals surface area contributed by atoms with E-state index in [1.54, 1.807) is 0 Å². The minimum atomic E-state index is -0.737. The van der Waals surface area contributed by atoms with Gasteiger partial charge in [0.25, 0.3) is 0 Å². The van der Waals surface area contributed by atoms with Crippen LogP contribution in [-0.2, 0) is 4.79 Å².